The quantitative estimate of drug-likeness (QED) is 0.142. The first kappa shape index (κ1) is 26.1. The highest BCUT2D eigenvalue weighted by atomic mass is 16.5. The average molecular weight is 528 g/mol. The molecule has 2 N–H and O–H groups in total. The van der Waals surface area contributed by atoms with Gasteiger partial charge in [-0.15, -0.1) is 0 Å². The lowest BCUT2D eigenvalue weighted by Crippen LogP contribution is -2.38. The van der Waals surface area contributed by atoms with Crippen LogP contribution in [0.25, 0.3) is 21.3 Å². The van der Waals surface area contributed by atoms with Crippen LogP contribution in [-0.2, 0) is 20.7 Å². The molecule has 0 atom stereocenters. The molecule has 39 heavy (non-hydrogen) atoms. The number of hydrogen-bond acceptors (Lipinski definition) is 8. The molecule has 1 saturated heterocycles. The Kier molecular flexibility index (Phi) is 8.27. The van der Waals surface area contributed by atoms with Crippen molar-refractivity contribution < 1.29 is 14.3 Å². The van der Waals surface area contributed by atoms with E-state index in [1.807, 2.05) is 24.3 Å². The zero-order valence-corrected chi connectivity index (χ0v) is 21.4. The van der Waals surface area contributed by atoms with E-state index in [0.29, 0.717) is 30.3 Å². The first-order valence-electron chi connectivity index (χ1n) is 12.9. The van der Waals surface area contributed by atoms with Gasteiger partial charge in [0.2, 0.25) is 11.8 Å². The van der Waals surface area contributed by atoms with Crippen molar-refractivity contribution in [3.63, 3.8) is 0 Å². The molecule has 3 aromatic rings. The number of ether oxygens (including phenoxy) is 1. The molecular formula is C27H29N9O3. The fourth-order valence-electron chi connectivity index (χ4n) is 4.77. The summed E-state index contributed by atoms with van der Waals surface area (Å²) >= 11 is 0. The number of rotatable bonds is 9. The number of azide groups is 1. The van der Waals surface area contributed by atoms with Crippen LogP contribution in [0.3, 0.4) is 0 Å². The van der Waals surface area contributed by atoms with E-state index in [2.05, 4.69) is 40.4 Å². The lowest BCUT2D eigenvalue weighted by molar-refractivity contribution is -0.117. The maximum Gasteiger partial charge on any atom is 0.248 e. The number of benzene rings is 2. The van der Waals surface area contributed by atoms with Gasteiger partial charge in [-0.25, -0.2) is 9.97 Å². The summed E-state index contributed by atoms with van der Waals surface area (Å²) in [6.45, 7) is 5.49. The number of amides is 2. The van der Waals surface area contributed by atoms with Crippen molar-refractivity contribution >= 4 is 45.6 Å². The van der Waals surface area contributed by atoms with E-state index >= 15 is 0 Å². The SMILES string of the molecule is [N-]=[N+]=Nc1ccc2c(c1)N(c1ncnc3ccc(NC(=O)C=CC(=O)NCCCN4CCOCC4)cc13)CC2. The molecule has 12 heteroatoms. The van der Waals surface area contributed by atoms with E-state index < -0.39 is 5.91 Å². The summed E-state index contributed by atoms with van der Waals surface area (Å²) in [5.41, 5.74) is 12.7. The van der Waals surface area contributed by atoms with Crippen molar-refractivity contribution in [2.75, 3.05) is 56.2 Å². The Morgan fingerprint density at radius 2 is 1.92 bits per heavy atom. The van der Waals surface area contributed by atoms with Gasteiger partial charge in [0.25, 0.3) is 0 Å². The van der Waals surface area contributed by atoms with E-state index in [-0.39, 0.29) is 5.91 Å². The normalized spacial score (nSPS) is 15.2. The Bertz CT molecular complexity index is 1450. The highest BCUT2D eigenvalue weighted by Crippen LogP contribution is 2.39. The van der Waals surface area contributed by atoms with Gasteiger partial charge in [-0.1, -0.05) is 17.2 Å². The predicted octanol–water partition coefficient (Wildman–Crippen LogP) is 3.60. The Morgan fingerprint density at radius 3 is 2.77 bits per heavy atom. The molecule has 2 aromatic carbocycles. The number of nitrogens with one attached hydrogen (secondary N) is 2. The smallest absolute Gasteiger partial charge is 0.248 e. The van der Waals surface area contributed by atoms with E-state index in [0.717, 1.165) is 67.8 Å². The number of anilines is 3. The van der Waals surface area contributed by atoms with Gasteiger partial charge < -0.3 is 20.3 Å². The third-order valence-corrected chi connectivity index (χ3v) is 6.70. The van der Waals surface area contributed by atoms with Gasteiger partial charge in [0, 0.05) is 65.7 Å². The van der Waals surface area contributed by atoms with Crippen molar-refractivity contribution in [2.24, 2.45) is 5.11 Å². The topological polar surface area (TPSA) is 148 Å². The van der Waals surface area contributed by atoms with Crippen LogP contribution in [0.5, 0.6) is 0 Å². The van der Waals surface area contributed by atoms with Crippen molar-refractivity contribution in [3.05, 3.63) is 70.9 Å². The Morgan fingerprint density at radius 1 is 1.08 bits per heavy atom. The number of hydrogen-bond donors (Lipinski definition) is 2. The minimum absolute atomic E-state index is 0.311. The summed E-state index contributed by atoms with van der Waals surface area (Å²) in [5, 5.41) is 10.1. The summed E-state index contributed by atoms with van der Waals surface area (Å²) in [5.74, 6) is -0.0317. The highest BCUT2D eigenvalue weighted by molar-refractivity contribution is 6.05. The van der Waals surface area contributed by atoms with Crippen LogP contribution in [-0.4, -0.2) is 72.6 Å². The second-order valence-electron chi connectivity index (χ2n) is 9.25. The Balaban J connectivity index is 1.22. The molecule has 2 amide bonds. The molecule has 0 aliphatic carbocycles. The summed E-state index contributed by atoms with van der Waals surface area (Å²) in [6.07, 6.45) is 5.63. The van der Waals surface area contributed by atoms with Gasteiger partial charge in [0.15, 0.2) is 0 Å². The standard InChI is InChI=1S/C27H29N9O3/c28-34-33-21-3-2-19-8-11-36(24(19)17-21)27-22-16-20(4-5-23(22)30-18-31-27)32-26(38)7-6-25(37)29-9-1-10-35-12-14-39-15-13-35/h2-7,16-18H,1,8-15H2,(H,29,37)(H,32,38). The van der Waals surface area contributed by atoms with Crippen LogP contribution in [0.1, 0.15) is 12.0 Å². The highest BCUT2D eigenvalue weighted by Gasteiger charge is 2.23. The van der Waals surface area contributed by atoms with Gasteiger partial charge in [0.1, 0.15) is 12.1 Å². The largest absolute Gasteiger partial charge is 0.379 e. The summed E-state index contributed by atoms with van der Waals surface area (Å²) in [4.78, 5) is 40.8. The van der Waals surface area contributed by atoms with E-state index in [1.165, 1.54) is 18.5 Å². The van der Waals surface area contributed by atoms with Gasteiger partial charge in [-0.3, -0.25) is 14.5 Å². The zero-order chi connectivity index (χ0) is 27.0. The second kappa shape index (κ2) is 12.4. The molecule has 0 saturated carbocycles. The monoisotopic (exact) mass is 527 g/mol. The van der Waals surface area contributed by atoms with Crippen LogP contribution in [0.2, 0.25) is 0 Å². The van der Waals surface area contributed by atoms with E-state index in [9.17, 15) is 9.59 Å². The number of fused-ring (bicyclic) bond motifs is 2. The minimum atomic E-state index is -0.415. The van der Waals surface area contributed by atoms with Crippen LogP contribution >= 0.6 is 0 Å². The minimum Gasteiger partial charge on any atom is -0.379 e. The maximum absolute atomic E-state index is 12.5. The maximum atomic E-state index is 12.5. The fraction of sp³-hybridized carbons (Fsp3) is 0.333. The Hall–Kier alpha value is -4.51. The first-order chi connectivity index (χ1) is 19.1. The Labute approximate surface area is 225 Å². The van der Waals surface area contributed by atoms with Crippen LogP contribution in [0, 0.1) is 0 Å². The zero-order valence-electron chi connectivity index (χ0n) is 21.4. The summed E-state index contributed by atoms with van der Waals surface area (Å²) in [7, 11) is 0. The molecule has 0 spiro atoms. The first-order valence-corrected chi connectivity index (χ1v) is 12.9. The van der Waals surface area contributed by atoms with Crippen molar-refractivity contribution in [2.45, 2.75) is 12.8 Å². The van der Waals surface area contributed by atoms with E-state index in [1.54, 1.807) is 12.1 Å². The van der Waals surface area contributed by atoms with Gasteiger partial charge in [-0.05, 0) is 54.7 Å². The summed E-state index contributed by atoms with van der Waals surface area (Å²) in [6, 6.07) is 11.0. The van der Waals surface area contributed by atoms with Crippen LogP contribution in [0.4, 0.5) is 22.9 Å². The van der Waals surface area contributed by atoms with Crippen molar-refractivity contribution in [3.8, 4) is 0 Å². The van der Waals surface area contributed by atoms with Crippen molar-refractivity contribution in [1.29, 1.82) is 0 Å². The molecule has 5 rings (SSSR count). The number of nitrogens with zero attached hydrogens (tertiary/aromatic N) is 7. The van der Waals surface area contributed by atoms with Crippen LogP contribution < -0.4 is 15.5 Å². The fourth-order valence-corrected chi connectivity index (χ4v) is 4.77. The lowest BCUT2D eigenvalue weighted by atomic mass is 10.1. The molecule has 12 nitrogen and oxygen atoms in total. The molecular weight excluding hydrogens is 498 g/mol. The number of aromatic nitrogens is 2. The van der Waals surface area contributed by atoms with Gasteiger partial charge in [-0.2, -0.15) is 0 Å². The van der Waals surface area contributed by atoms with E-state index in [4.69, 9.17) is 10.3 Å². The lowest BCUT2D eigenvalue weighted by Gasteiger charge is -2.26. The van der Waals surface area contributed by atoms with Gasteiger partial charge >= 0.3 is 0 Å². The molecule has 0 bridgehead atoms. The van der Waals surface area contributed by atoms with Gasteiger partial charge in [0.05, 0.1) is 18.7 Å². The third-order valence-electron chi connectivity index (χ3n) is 6.70. The molecule has 1 aromatic heterocycles. The number of carbonyl (C=O) groups is 2. The molecule has 1 fully saturated rings. The predicted molar refractivity (Wildman–Crippen MR) is 148 cm³/mol. The second-order valence-corrected chi connectivity index (χ2v) is 9.25. The summed E-state index contributed by atoms with van der Waals surface area (Å²) < 4.78 is 5.34. The van der Waals surface area contributed by atoms with Crippen molar-refractivity contribution in [1.82, 2.24) is 20.2 Å². The number of carbonyl (C=O) groups excluding carboxylic acids is 2. The molecule has 2 aliphatic rings. The molecule has 0 unspecified atom stereocenters. The third kappa shape index (κ3) is 6.50. The molecule has 0 radical (unpaired) electrons. The molecule has 3 heterocycles. The molecule has 2 aliphatic heterocycles. The number of morpholine rings is 1. The van der Waals surface area contributed by atoms with Crippen LogP contribution in [0.15, 0.2) is 60.0 Å². The molecule has 200 valence electrons. The average Bonchev–Trinajstić information content (AvgIpc) is 3.38.